The third kappa shape index (κ3) is 3.59. The zero-order valence-electron chi connectivity index (χ0n) is 9.38. The molecule has 0 bridgehead atoms. The van der Waals surface area contributed by atoms with Crippen molar-refractivity contribution in [1.82, 2.24) is 20.1 Å². The maximum absolute atomic E-state index is 10.8. The van der Waals surface area contributed by atoms with Crippen molar-refractivity contribution in [3.05, 3.63) is 12.2 Å². The molecule has 0 spiro atoms. The van der Waals surface area contributed by atoms with E-state index in [1.54, 1.807) is 10.9 Å². The van der Waals surface area contributed by atoms with Crippen molar-refractivity contribution in [3.63, 3.8) is 0 Å². The highest BCUT2D eigenvalue weighted by Gasteiger charge is 2.16. The molecular formula is C9H16N4O3. The van der Waals surface area contributed by atoms with E-state index in [2.05, 4.69) is 15.5 Å². The molecule has 0 aliphatic rings. The molecule has 1 aromatic heterocycles. The van der Waals surface area contributed by atoms with Crippen LogP contribution in [-0.2, 0) is 23.0 Å². The highest BCUT2D eigenvalue weighted by Crippen LogP contribution is 1.93. The number of aromatic nitrogens is 3. The van der Waals surface area contributed by atoms with Gasteiger partial charge in [0.2, 0.25) is 0 Å². The molecule has 7 heteroatoms. The number of methoxy groups -OCH3 is 1. The van der Waals surface area contributed by atoms with Crippen LogP contribution in [0.15, 0.2) is 6.33 Å². The summed E-state index contributed by atoms with van der Waals surface area (Å²) in [5.74, 6) is -0.103. The minimum Gasteiger partial charge on any atom is -0.480 e. The summed E-state index contributed by atoms with van der Waals surface area (Å²) in [5, 5.41) is 19.4. The first-order valence-electron chi connectivity index (χ1n) is 4.93. The SMILES string of the molecule is COCC(NCCc1nncn1C)C(=O)O. The van der Waals surface area contributed by atoms with Crippen LogP contribution in [0.3, 0.4) is 0 Å². The van der Waals surface area contributed by atoms with Gasteiger partial charge in [-0.25, -0.2) is 0 Å². The molecule has 1 aromatic rings. The summed E-state index contributed by atoms with van der Waals surface area (Å²) < 4.78 is 6.60. The summed E-state index contributed by atoms with van der Waals surface area (Å²) in [5.41, 5.74) is 0. The van der Waals surface area contributed by atoms with Gasteiger partial charge in [-0.1, -0.05) is 0 Å². The number of carbonyl (C=O) groups is 1. The van der Waals surface area contributed by atoms with Gasteiger partial charge >= 0.3 is 5.97 Å². The Morgan fingerprint density at radius 1 is 1.75 bits per heavy atom. The molecule has 0 radical (unpaired) electrons. The molecule has 0 saturated carbocycles. The molecule has 0 fully saturated rings. The van der Waals surface area contributed by atoms with Gasteiger partial charge in [0.1, 0.15) is 18.2 Å². The number of nitrogens with zero attached hydrogens (tertiary/aromatic N) is 3. The number of ether oxygens (including phenoxy) is 1. The molecule has 1 heterocycles. The fourth-order valence-electron chi connectivity index (χ4n) is 1.28. The van der Waals surface area contributed by atoms with E-state index in [4.69, 9.17) is 9.84 Å². The zero-order chi connectivity index (χ0) is 12.0. The van der Waals surface area contributed by atoms with Crippen LogP contribution < -0.4 is 5.32 Å². The van der Waals surface area contributed by atoms with Crippen molar-refractivity contribution >= 4 is 5.97 Å². The van der Waals surface area contributed by atoms with Gasteiger partial charge in [-0.2, -0.15) is 0 Å². The molecule has 0 amide bonds. The number of aryl methyl sites for hydroxylation is 1. The minimum atomic E-state index is -0.917. The van der Waals surface area contributed by atoms with E-state index >= 15 is 0 Å². The van der Waals surface area contributed by atoms with Crippen molar-refractivity contribution in [3.8, 4) is 0 Å². The van der Waals surface area contributed by atoms with Crippen LogP contribution in [0.2, 0.25) is 0 Å². The molecule has 16 heavy (non-hydrogen) atoms. The molecule has 90 valence electrons. The van der Waals surface area contributed by atoms with E-state index in [1.807, 2.05) is 7.05 Å². The van der Waals surface area contributed by atoms with Crippen LogP contribution in [0, 0.1) is 0 Å². The highest BCUT2D eigenvalue weighted by atomic mass is 16.5. The average molecular weight is 228 g/mol. The zero-order valence-corrected chi connectivity index (χ0v) is 9.38. The van der Waals surface area contributed by atoms with E-state index in [0.717, 1.165) is 5.82 Å². The summed E-state index contributed by atoms with van der Waals surface area (Å²) in [6, 6.07) is -0.682. The van der Waals surface area contributed by atoms with Crippen LogP contribution in [0.1, 0.15) is 5.82 Å². The smallest absolute Gasteiger partial charge is 0.323 e. The number of hydrogen-bond acceptors (Lipinski definition) is 5. The topological polar surface area (TPSA) is 89.3 Å². The van der Waals surface area contributed by atoms with Gasteiger partial charge in [0.25, 0.3) is 0 Å². The largest absolute Gasteiger partial charge is 0.480 e. The molecule has 1 unspecified atom stereocenters. The van der Waals surface area contributed by atoms with Crippen LogP contribution >= 0.6 is 0 Å². The fraction of sp³-hybridized carbons (Fsp3) is 0.667. The van der Waals surface area contributed by atoms with Gasteiger partial charge < -0.3 is 19.7 Å². The lowest BCUT2D eigenvalue weighted by atomic mass is 10.3. The molecule has 0 aromatic carbocycles. The standard InChI is InChI=1S/C9H16N4O3/c1-13-6-11-12-8(13)3-4-10-7(5-16-2)9(14)15/h6-7,10H,3-5H2,1-2H3,(H,14,15). The summed E-state index contributed by atoms with van der Waals surface area (Å²) >= 11 is 0. The Labute approximate surface area is 93.4 Å². The third-order valence-corrected chi connectivity index (χ3v) is 2.18. The lowest BCUT2D eigenvalue weighted by Crippen LogP contribution is -2.41. The maximum Gasteiger partial charge on any atom is 0.323 e. The number of carboxylic acid groups (broad SMARTS) is 1. The van der Waals surface area contributed by atoms with Crippen molar-refractivity contribution in [1.29, 1.82) is 0 Å². The van der Waals surface area contributed by atoms with Gasteiger partial charge in [-0.15, -0.1) is 10.2 Å². The van der Waals surface area contributed by atoms with Gasteiger partial charge in [0.05, 0.1) is 6.61 Å². The molecule has 1 rings (SSSR count). The maximum atomic E-state index is 10.8. The first kappa shape index (κ1) is 12.6. The number of nitrogens with one attached hydrogen (secondary N) is 1. The quantitative estimate of drug-likeness (QED) is 0.625. The molecule has 0 aliphatic heterocycles. The van der Waals surface area contributed by atoms with Crippen LogP contribution in [0.25, 0.3) is 0 Å². The lowest BCUT2D eigenvalue weighted by molar-refractivity contribution is -0.140. The Balaban J connectivity index is 2.33. The van der Waals surface area contributed by atoms with E-state index in [0.29, 0.717) is 13.0 Å². The van der Waals surface area contributed by atoms with Crippen LogP contribution in [-0.4, -0.2) is 52.1 Å². The Hall–Kier alpha value is -1.47. The molecule has 0 aliphatic carbocycles. The predicted octanol–water partition coefficient (Wildman–Crippen LogP) is -0.953. The molecule has 2 N–H and O–H groups in total. The highest BCUT2D eigenvalue weighted by molar-refractivity contribution is 5.73. The number of hydrogen-bond donors (Lipinski definition) is 2. The summed E-state index contributed by atoms with van der Waals surface area (Å²) in [4.78, 5) is 10.8. The van der Waals surface area contributed by atoms with Crippen LogP contribution in [0.4, 0.5) is 0 Å². The first-order chi connectivity index (χ1) is 7.65. The van der Waals surface area contributed by atoms with Crippen LogP contribution in [0.5, 0.6) is 0 Å². The van der Waals surface area contributed by atoms with E-state index in [1.165, 1.54) is 7.11 Å². The van der Waals surface area contributed by atoms with Gasteiger partial charge in [0.15, 0.2) is 0 Å². The second-order valence-electron chi connectivity index (χ2n) is 3.41. The van der Waals surface area contributed by atoms with Gasteiger partial charge in [-0.05, 0) is 0 Å². The molecule has 0 saturated heterocycles. The molecule has 1 atom stereocenters. The monoisotopic (exact) mass is 228 g/mol. The number of carboxylic acids is 1. The summed E-state index contributed by atoms with van der Waals surface area (Å²) in [6.07, 6.45) is 2.24. The second kappa shape index (κ2) is 6.19. The fourth-order valence-corrected chi connectivity index (χ4v) is 1.28. The Kier molecular flexibility index (Phi) is 4.87. The Bertz CT molecular complexity index is 339. The van der Waals surface area contributed by atoms with Crippen molar-refractivity contribution in [2.75, 3.05) is 20.3 Å². The Morgan fingerprint density at radius 3 is 3.00 bits per heavy atom. The van der Waals surface area contributed by atoms with Crippen molar-refractivity contribution < 1.29 is 14.6 Å². The summed E-state index contributed by atoms with van der Waals surface area (Å²) in [7, 11) is 3.32. The number of aliphatic carboxylic acids is 1. The lowest BCUT2D eigenvalue weighted by Gasteiger charge is -2.12. The summed E-state index contributed by atoms with van der Waals surface area (Å²) in [6.45, 7) is 0.668. The molecular weight excluding hydrogens is 212 g/mol. The molecule has 7 nitrogen and oxygen atoms in total. The van der Waals surface area contributed by atoms with E-state index < -0.39 is 12.0 Å². The van der Waals surface area contributed by atoms with Gasteiger partial charge in [0, 0.05) is 27.1 Å². The third-order valence-electron chi connectivity index (χ3n) is 2.18. The second-order valence-corrected chi connectivity index (χ2v) is 3.41. The predicted molar refractivity (Wildman–Crippen MR) is 56.0 cm³/mol. The normalized spacial score (nSPS) is 12.6. The number of rotatable bonds is 7. The minimum absolute atomic E-state index is 0.147. The first-order valence-corrected chi connectivity index (χ1v) is 4.93. The van der Waals surface area contributed by atoms with Crippen molar-refractivity contribution in [2.24, 2.45) is 7.05 Å². The van der Waals surface area contributed by atoms with Crippen molar-refractivity contribution in [2.45, 2.75) is 12.5 Å². The van der Waals surface area contributed by atoms with Gasteiger partial charge in [-0.3, -0.25) is 4.79 Å². The average Bonchev–Trinajstić information content (AvgIpc) is 2.63. The van der Waals surface area contributed by atoms with E-state index in [-0.39, 0.29) is 6.61 Å². The van der Waals surface area contributed by atoms with E-state index in [9.17, 15) is 4.79 Å². The Morgan fingerprint density at radius 2 is 2.50 bits per heavy atom.